The van der Waals surface area contributed by atoms with Gasteiger partial charge in [-0.15, -0.1) is 0 Å². The topological polar surface area (TPSA) is 63.8 Å². The second-order valence-corrected chi connectivity index (χ2v) is 6.14. The van der Waals surface area contributed by atoms with E-state index in [9.17, 15) is 9.90 Å². The minimum atomic E-state index is -0.0230. The molecule has 1 aliphatic rings. The van der Waals surface area contributed by atoms with Crippen molar-refractivity contribution in [3.05, 3.63) is 41.9 Å². The number of thiazole rings is 1. The van der Waals surface area contributed by atoms with Crippen LogP contribution in [0.1, 0.15) is 5.56 Å². The molecule has 0 saturated heterocycles. The lowest BCUT2D eigenvalue weighted by Gasteiger charge is -2.05. The SMILES string of the molecule is COc1cc(/C=c2\sc3n(c2=O)CCN=3)c(Br)cc1O. The quantitative estimate of drug-likeness (QED) is 0.869. The Balaban J connectivity index is 2.21. The predicted molar refractivity (Wildman–Crippen MR) is 80.2 cm³/mol. The Morgan fingerprint density at radius 3 is 3.05 bits per heavy atom. The predicted octanol–water partition coefficient (Wildman–Crippen LogP) is 0.848. The molecule has 3 rings (SSSR count). The van der Waals surface area contributed by atoms with E-state index in [1.165, 1.54) is 18.4 Å². The summed E-state index contributed by atoms with van der Waals surface area (Å²) in [5.74, 6) is 0.422. The zero-order valence-corrected chi connectivity index (χ0v) is 13.0. The van der Waals surface area contributed by atoms with E-state index in [2.05, 4.69) is 20.9 Å². The van der Waals surface area contributed by atoms with Crippen LogP contribution in [0.15, 0.2) is 26.4 Å². The van der Waals surface area contributed by atoms with Crippen LogP contribution in [0.2, 0.25) is 0 Å². The van der Waals surface area contributed by atoms with Crippen molar-refractivity contribution in [1.82, 2.24) is 4.57 Å². The van der Waals surface area contributed by atoms with E-state index in [0.717, 1.165) is 10.4 Å². The molecule has 5 nitrogen and oxygen atoms in total. The molecule has 2 heterocycles. The molecule has 0 aliphatic carbocycles. The number of hydrogen-bond donors (Lipinski definition) is 1. The van der Waals surface area contributed by atoms with Gasteiger partial charge in [0, 0.05) is 11.0 Å². The number of phenols is 1. The molecule has 20 heavy (non-hydrogen) atoms. The molecule has 1 N–H and O–H groups in total. The van der Waals surface area contributed by atoms with Crippen molar-refractivity contribution in [1.29, 1.82) is 0 Å². The third-order valence-corrected chi connectivity index (χ3v) is 4.77. The Labute approximate surface area is 126 Å². The van der Waals surface area contributed by atoms with E-state index >= 15 is 0 Å². The zero-order chi connectivity index (χ0) is 14.3. The van der Waals surface area contributed by atoms with Crippen molar-refractivity contribution in [2.45, 2.75) is 6.54 Å². The summed E-state index contributed by atoms with van der Waals surface area (Å²) >= 11 is 4.75. The number of aromatic nitrogens is 1. The molecule has 0 amide bonds. The molecule has 1 aromatic carbocycles. The maximum Gasteiger partial charge on any atom is 0.270 e. The maximum atomic E-state index is 12.2. The molecule has 0 unspecified atom stereocenters. The molecular formula is C13H11BrN2O3S. The Bertz CT molecular complexity index is 854. The molecule has 0 saturated carbocycles. The van der Waals surface area contributed by atoms with Gasteiger partial charge in [-0.25, -0.2) is 0 Å². The fourth-order valence-electron chi connectivity index (χ4n) is 2.04. The van der Waals surface area contributed by atoms with Crippen LogP contribution < -0.4 is 19.6 Å². The maximum absolute atomic E-state index is 12.2. The van der Waals surface area contributed by atoms with E-state index in [1.807, 2.05) is 0 Å². The summed E-state index contributed by atoms with van der Waals surface area (Å²) in [5, 5.41) is 9.68. The number of methoxy groups -OCH3 is 1. The standard InChI is InChI=1S/C13H11BrN2O3S/c1-19-10-4-7(8(14)6-9(10)17)5-11-12(18)16-3-2-15-13(16)20-11/h4-6,17H,2-3H2,1H3/b11-5-. The molecule has 0 spiro atoms. The van der Waals surface area contributed by atoms with Crippen molar-refractivity contribution in [3.63, 3.8) is 0 Å². The second kappa shape index (κ2) is 5.06. The molecular weight excluding hydrogens is 344 g/mol. The Hall–Kier alpha value is -1.60. The van der Waals surface area contributed by atoms with Crippen LogP contribution >= 0.6 is 27.3 Å². The molecule has 1 aliphatic heterocycles. The van der Waals surface area contributed by atoms with Crippen LogP contribution in [0, 0.1) is 0 Å². The van der Waals surface area contributed by atoms with Crippen LogP contribution in [0.5, 0.6) is 11.5 Å². The summed E-state index contributed by atoms with van der Waals surface area (Å²) < 4.78 is 8.09. The summed E-state index contributed by atoms with van der Waals surface area (Å²) in [4.78, 5) is 17.2. The molecule has 0 fully saturated rings. The number of ether oxygens (including phenoxy) is 1. The molecule has 7 heteroatoms. The largest absolute Gasteiger partial charge is 0.504 e. The van der Waals surface area contributed by atoms with Gasteiger partial charge in [-0.1, -0.05) is 27.3 Å². The molecule has 0 radical (unpaired) electrons. The van der Waals surface area contributed by atoms with Gasteiger partial charge in [0.15, 0.2) is 16.3 Å². The van der Waals surface area contributed by atoms with E-state index < -0.39 is 0 Å². The minimum absolute atomic E-state index is 0.0230. The van der Waals surface area contributed by atoms with Gasteiger partial charge >= 0.3 is 0 Å². The second-order valence-electron chi connectivity index (χ2n) is 4.28. The molecule has 0 atom stereocenters. The highest BCUT2D eigenvalue weighted by molar-refractivity contribution is 9.10. The number of hydrogen-bond acceptors (Lipinski definition) is 5. The normalized spacial score (nSPS) is 14.2. The fourth-order valence-corrected chi connectivity index (χ4v) is 3.51. The third kappa shape index (κ3) is 2.16. The zero-order valence-electron chi connectivity index (χ0n) is 10.6. The number of halogens is 1. The molecule has 0 bridgehead atoms. The first-order valence-electron chi connectivity index (χ1n) is 5.92. The van der Waals surface area contributed by atoms with Crippen molar-refractivity contribution in [2.75, 3.05) is 13.7 Å². The van der Waals surface area contributed by atoms with Gasteiger partial charge in [-0.3, -0.25) is 14.4 Å². The number of nitrogens with zero attached hydrogens (tertiary/aromatic N) is 2. The number of fused-ring (bicyclic) bond motifs is 1. The highest BCUT2D eigenvalue weighted by atomic mass is 79.9. The van der Waals surface area contributed by atoms with Gasteiger partial charge < -0.3 is 9.84 Å². The lowest BCUT2D eigenvalue weighted by molar-refractivity contribution is 0.373. The van der Waals surface area contributed by atoms with Gasteiger partial charge in [0.1, 0.15) is 0 Å². The number of phenolic OH excluding ortho intramolecular Hbond substituents is 1. The minimum Gasteiger partial charge on any atom is -0.504 e. The highest BCUT2D eigenvalue weighted by Gasteiger charge is 2.11. The fraction of sp³-hybridized carbons (Fsp3) is 0.231. The monoisotopic (exact) mass is 354 g/mol. The first-order valence-corrected chi connectivity index (χ1v) is 7.53. The summed E-state index contributed by atoms with van der Waals surface area (Å²) in [6.07, 6.45) is 1.78. The van der Waals surface area contributed by atoms with Crippen molar-refractivity contribution < 1.29 is 9.84 Å². The molecule has 1 aromatic heterocycles. The van der Waals surface area contributed by atoms with E-state index in [1.54, 1.807) is 22.8 Å². The first-order chi connectivity index (χ1) is 9.60. The van der Waals surface area contributed by atoms with Crippen LogP contribution in [-0.4, -0.2) is 23.3 Å². The lowest BCUT2D eigenvalue weighted by atomic mass is 10.2. The number of aromatic hydroxyl groups is 1. The van der Waals surface area contributed by atoms with Crippen molar-refractivity contribution >= 4 is 33.3 Å². The van der Waals surface area contributed by atoms with E-state index in [-0.39, 0.29) is 11.3 Å². The first kappa shape index (κ1) is 13.4. The summed E-state index contributed by atoms with van der Waals surface area (Å²) in [7, 11) is 1.49. The van der Waals surface area contributed by atoms with Crippen LogP contribution in [-0.2, 0) is 6.54 Å². The third-order valence-electron chi connectivity index (χ3n) is 3.04. The van der Waals surface area contributed by atoms with Gasteiger partial charge in [0.25, 0.3) is 5.56 Å². The summed E-state index contributed by atoms with van der Waals surface area (Å²) in [6.45, 7) is 1.33. The number of rotatable bonds is 2. The summed E-state index contributed by atoms with van der Waals surface area (Å²) in [5.41, 5.74) is 0.752. The average molecular weight is 355 g/mol. The molecule has 2 aromatic rings. The average Bonchev–Trinajstić information content (AvgIpc) is 2.97. The van der Waals surface area contributed by atoms with Crippen molar-refractivity contribution in [3.8, 4) is 11.5 Å². The Morgan fingerprint density at radius 2 is 2.35 bits per heavy atom. The van der Waals surface area contributed by atoms with Gasteiger partial charge in [0.05, 0.1) is 18.2 Å². The lowest BCUT2D eigenvalue weighted by Crippen LogP contribution is -2.29. The van der Waals surface area contributed by atoms with E-state index in [4.69, 9.17) is 4.74 Å². The van der Waals surface area contributed by atoms with Crippen LogP contribution in [0.25, 0.3) is 6.08 Å². The Morgan fingerprint density at radius 1 is 1.55 bits per heavy atom. The van der Waals surface area contributed by atoms with Crippen LogP contribution in [0.4, 0.5) is 0 Å². The van der Waals surface area contributed by atoms with Crippen molar-refractivity contribution in [2.24, 2.45) is 4.99 Å². The highest BCUT2D eigenvalue weighted by Crippen LogP contribution is 2.32. The Kier molecular flexibility index (Phi) is 3.39. The smallest absolute Gasteiger partial charge is 0.270 e. The van der Waals surface area contributed by atoms with Gasteiger partial charge in [0.2, 0.25) is 0 Å². The summed E-state index contributed by atoms with van der Waals surface area (Å²) in [6, 6.07) is 3.24. The molecule has 104 valence electrons. The van der Waals surface area contributed by atoms with E-state index in [0.29, 0.717) is 27.8 Å². The van der Waals surface area contributed by atoms with Crippen LogP contribution in [0.3, 0.4) is 0 Å². The van der Waals surface area contributed by atoms with Gasteiger partial charge in [-0.2, -0.15) is 0 Å². The van der Waals surface area contributed by atoms with Gasteiger partial charge in [-0.05, 0) is 23.8 Å². The number of benzene rings is 1.